The van der Waals surface area contributed by atoms with Gasteiger partial charge in [0, 0.05) is 17.3 Å². The molecule has 0 radical (unpaired) electrons. The van der Waals surface area contributed by atoms with Crippen molar-refractivity contribution in [3.63, 3.8) is 0 Å². The highest BCUT2D eigenvalue weighted by Crippen LogP contribution is 2.31. The molecule has 1 heterocycles. The standard InChI is InChI=1S/C20H21N/c1-3-16-7-5-6-8-19(16)18-13-17(4-2)20(21-14-18)12-11-15-9-10-15/h4-8,11-15H,2-3,9-10H2,1H3/b12-11+. The van der Waals surface area contributed by atoms with Crippen LogP contribution in [0, 0.1) is 5.92 Å². The highest BCUT2D eigenvalue weighted by molar-refractivity contribution is 5.72. The Morgan fingerprint density at radius 1 is 1.29 bits per heavy atom. The Balaban J connectivity index is 1.98. The zero-order valence-electron chi connectivity index (χ0n) is 12.5. The van der Waals surface area contributed by atoms with Crippen LogP contribution in [0.2, 0.25) is 0 Å². The SMILES string of the molecule is C=Cc1cc(-c2ccccc2CC)cnc1/C=C/C1CC1. The molecule has 2 aromatic rings. The van der Waals surface area contributed by atoms with Crippen LogP contribution < -0.4 is 0 Å². The largest absolute Gasteiger partial charge is 0.256 e. The van der Waals surface area contributed by atoms with Gasteiger partial charge in [-0.15, -0.1) is 0 Å². The summed E-state index contributed by atoms with van der Waals surface area (Å²) in [5.74, 6) is 0.768. The van der Waals surface area contributed by atoms with Crippen molar-refractivity contribution >= 4 is 12.2 Å². The van der Waals surface area contributed by atoms with Gasteiger partial charge in [0.1, 0.15) is 0 Å². The molecule has 1 aromatic carbocycles. The van der Waals surface area contributed by atoms with Gasteiger partial charge in [-0.2, -0.15) is 0 Å². The Bertz CT molecular complexity index is 678. The molecule has 1 aliphatic carbocycles. The molecule has 1 aliphatic rings. The van der Waals surface area contributed by atoms with Gasteiger partial charge in [-0.05, 0) is 48.4 Å². The third-order valence-electron chi connectivity index (χ3n) is 4.03. The fraction of sp³-hybridized carbons (Fsp3) is 0.250. The lowest BCUT2D eigenvalue weighted by Gasteiger charge is -2.09. The predicted octanol–water partition coefficient (Wildman–Crippen LogP) is 5.38. The van der Waals surface area contributed by atoms with Gasteiger partial charge in [0.15, 0.2) is 0 Å². The highest BCUT2D eigenvalue weighted by atomic mass is 14.7. The second-order valence-electron chi connectivity index (χ2n) is 5.61. The topological polar surface area (TPSA) is 12.9 Å². The van der Waals surface area contributed by atoms with E-state index in [4.69, 9.17) is 0 Å². The van der Waals surface area contributed by atoms with Crippen LogP contribution in [-0.2, 0) is 6.42 Å². The summed E-state index contributed by atoms with van der Waals surface area (Å²) in [6, 6.07) is 10.7. The number of hydrogen-bond acceptors (Lipinski definition) is 1. The molecule has 3 rings (SSSR count). The maximum atomic E-state index is 4.64. The molecular formula is C20H21N. The normalized spacial score (nSPS) is 14.5. The third kappa shape index (κ3) is 3.13. The lowest BCUT2D eigenvalue weighted by Crippen LogP contribution is -1.92. The first-order valence-corrected chi connectivity index (χ1v) is 7.70. The van der Waals surface area contributed by atoms with Gasteiger partial charge in [0.05, 0.1) is 5.69 Å². The second kappa shape index (κ2) is 6.09. The summed E-state index contributed by atoms with van der Waals surface area (Å²) in [4.78, 5) is 4.64. The van der Waals surface area contributed by atoms with Gasteiger partial charge in [-0.25, -0.2) is 0 Å². The Morgan fingerprint density at radius 3 is 2.81 bits per heavy atom. The molecule has 0 saturated heterocycles. The predicted molar refractivity (Wildman–Crippen MR) is 90.9 cm³/mol. The molecule has 0 N–H and O–H groups in total. The fourth-order valence-corrected chi connectivity index (χ4v) is 2.57. The van der Waals surface area contributed by atoms with E-state index >= 15 is 0 Å². The quantitative estimate of drug-likeness (QED) is 0.714. The maximum absolute atomic E-state index is 4.64. The first-order valence-electron chi connectivity index (χ1n) is 7.70. The molecule has 106 valence electrons. The summed E-state index contributed by atoms with van der Waals surface area (Å²) in [6.07, 6.45) is 12.0. The minimum absolute atomic E-state index is 0.768. The summed E-state index contributed by atoms with van der Waals surface area (Å²) < 4.78 is 0. The number of pyridine rings is 1. The Labute approximate surface area is 127 Å². The van der Waals surface area contributed by atoms with E-state index < -0.39 is 0 Å². The third-order valence-corrected chi connectivity index (χ3v) is 4.03. The minimum atomic E-state index is 0.768. The number of rotatable bonds is 5. The molecule has 0 atom stereocenters. The van der Waals surface area contributed by atoms with Crippen LogP contribution in [0.15, 0.2) is 49.2 Å². The molecule has 1 saturated carbocycles. The van der Waals surface area contributed by atoms with Crippen molar-refractivity contribution in [1.82, 2.24) is 4.98 Å². The number of nitrogens with zero attached hydrogens (tertiary/aromatic N) is 1. The molecule has 0 unspecified atom stereocenters. The van der Waals surface area contributed by atoms with Crippen LogP contribution in [0.1, 0.15) is 36.6 Å². The number of hydrogen-bond donors (Lipinski definition) is 0. The van der Waals surface area contributed by atoms with Crippen LogP contribution in [0.5, 0.6) is 0 Å². The first kappa shape index (κ1) is 13.8. The van der Waals surface area contributed by atoms with Crippen molar-refractivity contribution in [1.29, 1.82) is 0 Å². The van der Waals surface area contributed by atoms with Crippen molar-refractivity contribution in [2.75, 3.05) is 0 Å². The molecule has 0 amide bonds. The smallest absolute Gasteiger partial charge is 0.0699 e. The first-order chi connectivity index (χ1) is 10.3. The van der Waals surface area contributed by atoms with Crippen LogP contribution in [0.4, 0.5) is 0 Å². The Kier molecular flexibility index (Phi) is 4.01. The van der Waals surface area contributed by atoms with Crippen LogP contribution >= 0.6 is 0 Å². The summed E-state index contributed by atoms with van der Waals surface area (Å²) in [5.41, 5.74) is 5.93. The fourth-order valence-electron chi connectivity index (χ4n) is 2.57. The van der Waals surface area contributed by atoms with Crippen LogP contribution in [0.3, 0.4) is 0 Å². The monoisotopic (exact) mass is 275 g/mol. The Morgan fingerprint density at radius 2 is 2.10 bits per heavy atom. The Hall–Kier alpha value is -2.15. The van der Waals surface area contributed by atoms with E-state index in [1.54, 1.807) is 0 Å². The molecule has 0 spiro atoms. The summed E-state index contributed by atoms with van der Waals surface area (Å²) >= 11 is 0. The van der Waals surface area contributed by atoms with E-state index in [0.717, 1.165) is 23.6 Å². The van der Waals surface area contributed by atoms with Crippen molar-refractivity contribution < 1.29 is 0 Å². The van der Waals surface area contributed by atoms with Crippen molar-refractivity contribution in [3.8, 4) is 11.1 Å². The number of aromatic nitrogens is 1. The summed E-state index contributed by atoms with van der Waals surface area (Å²) in [7, 11) is 0. The summed E-state index contributed by atoms with van der Waals surface area (Å²) in [5, 5.41) is 0. The molecular weight excluding hydrogens is 254 g/mol. The van der Waals surface area contributed by atoms with Crippen molar-refractivity contribution in [2.45, 2.75) is 26.2 Å². The number of benzene rings is 1. The van der Waals surface area contributed by atoms with E-state index in [1.165, 1.54) is 29.5 Å². The van der Waals surface area contributed by atoms with Crippen LogP contribution in [0.25, 0.3) is 23.3 Å². The summed E-state index contributed by atoms with van der Waals surface area (Å²) in [6.45, 7) is 6.13. The van der Waals surface area contributed by atoms with Gasteiger partial charge >= 0.3 is 0 Å². The van der Waals surface area contributed by atoms with Gasteiger partial charge in [-0.3, -0.25) is 4.98 Å². The minimum Gasteiger partial charge on any atom is -0.256 e. The van der Waals surface area contributed by atoms with Crippen molar-refractivity contribution in [2.24, 2.45) is 5.92 Å². The molecule has 1 heteroatoms. The number of allylic oxidation sites excluding steroid dienone is 1. The lowest BCUT2D eigenvalue weighted by molar-refractivity contribution is 1.13. The van der Waals surface area contributed by atoms with Gasteiger partial charge < -0.3 is 0 Å². The molecule has 1 fully saturated rings. The van der Waals surface area contributed by atoms with Gasteiger partial charge in [-0.1, -0.05) is 49.9 Å². The second-order valence-corrected chi connectivity index (χ2v) is 5.61. The molecule has 0 bridgehead atoms. The van der Waals surface area contributed by atoms with Crippen LogP contribution in [-0.4, -0.2) is 4.98 Å². The van der Waals surface area contributed by atoms with Crippen molar-refractivity contribution in [3.05, 3.63) is 66.0 Å². The van der Waals surface area contributed by atoms with E-state index in [9.17, 15) is 0 Å². The van der Waals surface area contributed by atoms with E-state index in [-0.39, 0.29) is 0 Å². The van der Waals surface area contributed by atoms with E-state index in [0.29, 0.717) is 0 Å². The van der Waals surface area contributed by atoms with Gasteiger partial charge in [0.25, 0.3) is 0 Å². The molecule has 1 aromatic heterocycles. The highest BCUT2D eigenvalue weighted by Gasteiger charge is 2.17. The molecule has 21 heavy (non-hydrogen) atoms. The zero-order valence-corrected chi connectivity index (χ0v) is 12.5. The average Bonchev–Trinajstić information content (AvgIpc) is 3.37. The lowest BCUT2D eigenvalue weighted by atomic mass is 9.97. The van der Waals surface area contributed by atoms with E-state index in [2.05, 4.69) is 61.0 Å². The molecule has 1 nitrogen and oxygen atoms in total. The number of aryl methyl sites for hydroxylation is 1. The van der Waals surface area contributed by atoms with Gasteiger partial charge in [0.2, 0.25) is 0 Å². The molecule has 0 aliphatic heterocycles. The zero-order chi connectivity index (χ0) is 14.7. The van der Waals surface area contributed by atoms with E-state index in [1.807, 2.05) is 12.3 Å². The average molecular weight is 275 g/mol. The maximum Gasteiger partial charge on any atom is 0.0699 e.